The molecule has 48 heavy (non-hydrogen) atoms. The molecule has 0 atom stereocenters. The van der Waals surface area contributed by atoms with Gasteiger partial charge in [-0.3, -0.25) is 0 Å². The summed E-state index contributed by atoms with van der Waals surface area (Å²) in [6.07, 6.45) is 1.04. The Balaban J connectivity index is 1.53. The van der Waals surface area contributed by atoms with Gasteiger partial charge in [0.1, 0.15) is 39.2 Å². The fraction of sp³-hybridized carbons (Fsp3) is 0.129. The lowest BCUT2D eigenvalue weighted by molar-refractivity contribution is 0.0689. The first-order valence-corrected chi connectivity index (χ1v) is 18.1. The zero-order valence-electron chi connectivity index (χ0n) is 25.5. The molecule has 4 aromatic carbocycles. The summed E-state index contributed by atoms with van der Waals surface area (Å²) in [5.74, 6) is -3.64. The van der Waals surface area contributed by atoms with E-state index < -0.39 is 65.6 Å². The van der Waals surface area contributed by atoms with Crippen molar-refractivity contribution < 1.29 is 48.3 Å². The van der Waals surface area contributed by atoms with Gasteiger partial charge in [0.2, 0.25) is 0 Å². The number of benzene rings is 4. The summed E-state index contributed by atoms with van der Waals surface area (Å²) >= 11 is 0. The van der Waals surface area contributed by atoms with Crippen LogP contribution >= 0.6 is 0 Å². The number of aryl methyl sites for hydroxylation is 3. The minimum Gasteiger partial charge on any atom is -0.486 e. The molecule has 5 rings (SSSR count). The molecule has 0 unspecified atom stereocenters. The monoisotopic (exact) mass is 713 g/mol. The molecule has 0 radical (unpaired) electrons. The summed E-state index contributed by atoms with van der Waals surface area (Å²) in [6.45, 7) is 4.69. The van der Waals surface area contributed by atoms with Crippen LogP contribution in [0.4, 0.5) is 0 Å². The van der Waals surface area contributed by atoms with Crippen molar-refractivity contribution in [2.45, 2.75) is 42.1 Å². The molecule has 0 aliphatic rings. The molecule has 17 heteroatoms. The highest BCUT2D eigenvalue weighted by atomic mass is 32.2. The molecule has 0 fully saturated rings. The van der Waals surface area contributed by atoms with Crippen molar-refractivity contribution in [1.82, 2.24) is 14.4 Å². The van der Waals surface area contributed by atoms with Gasteiger partial charge in [0.05, 0.1) is 11.1 Å². The standard InChI is InChI=1S/C31H27N3O11S3/c1-20-4-10-25(11-5-20)46(37,38)34-18-23(32-33-34)19-43-28-16-24(44-47(39,40)26-12-6-21(2)7-13-26)17-29(30(28)31(35)36)45-48(41,42)27-14-8-22(3)9-15-27/h4-18H,19H2,1-3H3,(H,35,36). The van der Waals surface area contributed by atoms with Crippen LogP contribution in [-0.4, -0.2) is 50.7 Å². The number of ether oxygens (including phenoxy) is 1. The highest BCUT2D eigenvalue weighted by Gasteiger charge is 2.28. The molecule has 1 aromatic heterocycles. The molecule has 5 aromatic rings. The van der Waals surface area contributed by atoms with Crippen LogP contribution in [0.2, 0.25) is 0 Å². The molecule has 250 valence electrons. The Morgan fingerprint density at radius 1 is 0.688 bits per heavy atom. The van der Waals surface area contributed by atoms with Crippen molar-refractivity contribution in [3.05, 3.63) is 119 Å². The fourth-order valence-corrected chi connectivity index (χ4v) is 7.13. The van der Waals surface area contributed by atoms with Crippen LogP contribution in [0.1, 0.15) is 32.7 Å². The van der Waals surface area contributed by atoms with E-state index in [9.17, 15) is 35.2 Å². The lowest BCUT2D eigenvalue weighted by Crippen LogP contribution is -2.15. The lowest BCUT2D eigenvalue weighted by Gasteiger charge is -2.16. The summed E-state index contributed by atoms with van der Waals surface area (Å²) in [5.41, 5.74) is 1.48. The SMILES string of the molecule is Cc1ccc(S(=O)(=O)Oc2cc(OCc3cn(S(=O)(=O)c4ccc(C)cc4)nn3)c(C(=O)O)c(OS(=O)(=O)c3ccc(C)cc3)c2)cc1. The number of rotatable bonds is 12. The van der Waals surface area contributed by atoms with Crippen LogP contribution in [0, 0.1) is 20.8 Å². The van der Waals surface area contributed by atoms with Crippen molar-refractivity contribution in [1.29, 1.82) is 0 Å². The van der Waals surface area contributed by atoms with Crippen molar-refractivity contribution in [3.63, 3.8) is 0 Å². The summed E-state index contributed by atoms with van der Waals surface area (Å²) in [4.78, 5) is 11.9. The van der Waals surface area contributed by atoms with Gasteiger partial charge in [0.25, 0.3) is 10.0 Å². The third-order valence-electron chi connectivity index (χ3n) is 6.74. The van der Waals surface area contributed by atoms with Gasteiger partial charge >= 0.3 is 26.2 Å². The van der Waals surface area contributed by atoms with Crippen molar-refractivity contribution >= 4 is 36.2 Å². The Kier molecular flexibility index (Phi) is 9.30. The molecular weight excluding hydrogens is 687 g/mol. The number of carboxylic acids is 1. The molecule has 0 aliphatic heterocycles. The van der Waals surface area contributed by atoms with Crippen LogP contribution in [0.3, 0.4) is 0 Å². The molecule has 0 saturated heterocycles. The van der Waals surface area contributed by atoms with E-state index in [4.69, 9.17) is 13.1 Å². The minimum atomic E-state index is -4.65. The van der Waals surface area contributed by atoms with E-state index in [0.717, 1.165) is 35.0 Å². The van der Waals surface area contributed by atoms with Crippen molar-refractivity contribution in [2.75, 3.05) is 0 Å². The van der Waals surface area contributed by atoms with E-state index in [1.54, 1.807) is 32.9 Å². The Bertz CT molecular complexity index is 2320. The first kappa shape index (κ1) is 34.1. The summed E-state index contributed by atoms with van der Waals surface area (Å²) in [6, 6.07) is 18.9. The molecule has 0 amide bonds. The lowest BCUT2D eigenvalue weighted by atomic mass is 10.1. The zero-order chi connectivity index (χ0) is 34.9. The van der Waals surface area contributed by atoms with Crippen molar-refractivity contribution in [2.24, 2.45) is 0 Å². The molecule has 1 heterocycles. The van der Waals surface area contributed by atoms with Gasteiger partial charge < -0.3 is 18.2 Å². The maximum atomic E-state index is 13.2. The van der Waals surface area contributed by atoms with Gasteiger partial charge in [0.15, 0.2) is 5.75 Å². The third-order valence-corrected chi connectivity index (χ3v) is 10.8. The van der Waals surface area contributed by atoms with Crippen LogP contribution in [0.5, 0.6) is 17.2 Å². The highest BCUT2D eigenvalue weighted by Crippen LogP contribution is 2.37. The number of aromatic nitrogens is 3. The van der Waals surface area contributed by atoms with E-state index in [2.05, 4.69) is 10.3 Å². The van der Waals surface area contributed by atoms with Crippen LogP contribution in [-0.2, 0) is 36.9 Å². The first-order chi connectivity index (χ1) is 22.5. The predicted molar refractivity (Wildman–Crippen MR) is 170 cm³/mol. The Morgan fingerprint density at radius 2 is 1.15 bits per heavy atom. The molecular formula is C31H27N3O11S3. The van der Waals surface area contributed by atoms with Crippen molar-refractivity contribution in [3.8, 4) is 17.2 Å². The van der Waals surface area contributed by atoms with Crippen LogP contribution in [0.15, 0.2) is 106 Å². The molecule has 1 N–H and O–H groups in total. The van der Waals surface area contributed by atoms with Gasteiger partial charge in [0, 0.05) is 12.1 Å². The number of aromatic carboxylic acids is 1. The second-order valence-electron chi connectivity index (χ2n) is 10.5. The molecule has 0 aliphatic carbocycles. The Morgan fingerprint density at radius 3 is 1.65 bits per heavy atom. The third kappa shape index (κ3) is 7.48. The number of carboxylic acid groups (broad SMARTS) is 1. The normalized spacial score (nSPS) is 12.0. The quantitative estimate of drug-likeness (QED) is 0.180. The number of carbonyl (C=O) groups is 1. The van der Waals surface area contributed by atoms with Crippen LogP contribution < -0.4 is 13.1 Å². The van der Waals surface area contributed by atoms with Gasteiger partial charge in [-0.1, -0.05) is 58.3 Å². The average molecular weight is 714 g/mol. The van der Waals surface area contributed by atoms with Gasteiger partial charge in [-0.15, -0.1) is 9.19 Å². The second-order valence-corrected chi connectivity index (χ2v) is 15.4. The minimum absolute atomic E-state index is 0.0603. The number of nitrogens with zero attached hydrogens (tertiary/aromatic N) is 3. The average Bonchev–Trinajstić information content (AvgIpc) is 3.50. The van der Waals surface area contributed by atoms with Gasteiger partial charge in [-0.25, -0.2) is 4.79 Å². The molecule has 0 bridgehead atoms. The largest absolute Gasteiger partial charge is 0.486 e. The number of hydrogen-bond acceptors (Lipinski definition) is 12. The van der Waals surface area contributed by atoms with E-state index >= 15 is 0 Å². The summed E-state index contributed by atoms with van der Waals surface area (Å²) < 4.78 is 95.2. The Hall–Kier alpha value is -5.26. The molecule has 14 nitrogen and oxygen atoms in total. The van der Waals surface area contributed by atoms with E-state index in [1.165, 1.54) is 60.7 Å². The second kappa shape index (κ2) is 13.1. The van der Waals surface area contributed by atoms with E-state index in [0.29, 0.717) is 4.09 Å². The fourth-order valence-electron chi connectivity index (χ4n) is 4.19. The van der Waals surface area contributed by atoms with Gasteiger partial charge in [-0.2, -0.15) is 25.3 Å². The zero-order valence-corrected chi connectivity index (χ0v) is 27.9. The predicted octanol–water partition coefficient (Wildman–Crippen LogP) is 4.25. The first-order valence-electron chi connectivity index (χ1n) is 13.8. The maximum Gasteiger partial charge on any atom is 0.343 e. The van der Waals surface area contributed by atoms with E-state index in [-0.39, 0.29) is 20.4 Å². The highest BCUT2D eigenvalue weighted by molar-refractivity contribution is 7.89. The van der Waals surface area contributed by atoms with Crippen LogP contribution in [0.25, 0.3) is 0 Å². The topological polar surface area (TPSA) is 198 Å². The number of hydrogen-bond donors (Lipinski definition) is 1. The smallest absolute Gasteiger partial charge is 0.343 e. The summed E-state index contributed by atoms with van der Waals surface area (Å²) in [5, 5.41) is 17.5. The van der Waals surface area contributed by atoms with E-state index in [1.807, 2.05) is 0 Å². The molecule has 0 spiro atoms. The summed E-state index contributed by atoms with van der Waals surface area (Å²) in [7, 11) is -13.3. The Labute approximate surface area is 276 Å². The molecule has 0 saturated carbocycles. The maximum absolute atomic E-state index is 13.2. The van der Waals surface area contributed by atoms with Gasteiger partial charge in [-0.05, 0) is 57.2 Å².